The van der Waals surface area contributed by atoms with E-state index in [0.29, 0.717) is 5.25 Å². The number of hydrogen-bond donors (Lipinski definition) is 1. The lowest BCUT2D eigenvalue weighted by atomic mass is 10.2. The Morgan fingerprint density at radius 2 is 2.75 bits per heavy atom. The van der Waals surface area contributed by atoms with Gasteiger partial charge in [-0.05, 0) is 17.4 Å². The third-order valence-electron chi connectivity index (χ3n) is 1.16. The molecule has 44 valence electrons. The molecule has 0 saturated heterocycles. The van der Waals surface area contributed by atoms with Crippen LogP contribution in [-0.2, 0) is 0 Å². The summed E-state index contributed by atoms with van der Waals surface area (Å²) in [7, 11) is 0. The molecular weight excluding hydrogens is 118 g/mol. The smallest absolute Gasteiger partial charge is 0.0215 e. The van der Waals surface area contributed by atoms with Crippen LogP contribution in [0.25, 0.3) is 0 Å². The monoisotopic (exact) mass is 127 g/mol. The average Bonchev–Trinajstić information content (AvgIpc) is 2.14. The van der Waals surface area contributed by atoms with Gasteiger partial charge in [-0.25, -0.2) is 0 Å². The van der Waals surface area contributed by atoms with Crippen LogP contribution in [0, 0.1) is 5.41 Å². The van der Waals surface area contributed by atoms with E-state index in [1.54, 1.807) is 0 Å². The standard InChI is InChI=1S/C6H9NS/c1-5-2-6(3-7)4-8-5/h3-5,7H,2H2,1H3. The third-order valence-corrected chi connectivity index (χ3v) is 2.23. The van der Waals surface area contributed by atoms with E-state index in [1.165, 1.54) is 11.8 Å². The molecule has 0 bridgehead atoms. The van der Waals surface area contributed by atoms with Gasteiger partial charge in [0.25, 0.3) is 0 Å². The topological polar surface area (TPSA) is 23.9 Å². The summed E-state index contributed by atoms with van der Waals surface area (Å²) in [5, 5.41) is 9.65. The van der Waals surface area contributed by atoms with Crippen LogP contribution in [0.4, 0.5) is 0 Å². The predicted molar refractivity (Wildman–Crippen MR) is 38.5 cm³/mol. The molecular formula is C6H9NS. The zero-order valence-corrected chi connectivity index (χ0v) is 5.66. The van der Waals surface area contributed by atoms with Gasteiger partial charge in [0.05, 0.1) is 0 Å². The highest BCUT2D eigenvalue weighted by Crippen LogP contribution is 2.27. The maximum atomic E-state index is 6.88. The summed E-state index contributed by atoms with van der Waals surface area (Å²) in [6, 6.07) is 0. The van der Waals surface area contributed by atoms with Gasteiger partial charge in [-0.15, -0.1) is 11.8 Å². The van der Waals surface area contributed by atoms with Crippen molar-refractivity contribution < 1.29 is 0 Å². The van der Waals surface area contributed by atoms with Crippen LogP contribution in [0.5, 0.6) is 0 Å². The molecule has 1 N–H and O–H groups in total. The van der Waals surface area contributed by atoms with Crippen molar-refractivity contribution in [3.05, 3.63) is 11.0 Å². The van der Waals surface area contributed by atoms with E-state index in [2.05, 4.69) is 12.3 Å². The van der Waals surface area contributed by atoms with E-state index in [4.69, 9.17) is 5.41 Å². The molecule has 0 aliphatic carbocycles. The molecule has 0 fully saturated rings. The fraction of sp³-hybridized carbons (Fsp3) is 0.500. The SMILES string of the molecule is CC1CC(C=N)=CS1. The van der Waals surface area contributed by atoms with Gasteiger partial charge in [-0.2, -0.15) is 0 Å². The molecule has 2 heteroatoms. The minimum Gasteiger partial charge on any atom is -0.308 e. The number of hydrogen-bond acceptors (Lipinski definition) is 2. The molecule has 0 amide bonds. The van der Waals surface area contributed by atoms with Crippen molar-refractivity contribution in [2.45, 2.75) is 18.6 Å². The zero-order chi connectivity index (χ0) is 5.98. The number of rotatable bonds is 1. The van der Waals surface area contributed by atoms with Crippen LogP contribution in [0.2, 0.25) is 0 Å². The molecule has 1 nitrogen and oxygen atoms in total. The van der Waals surface area contributed by atoms with Gasteiger partial charge in [0.1, 0.15) is 0 Å². The van der Waals surface area contributed by atoms with E-state index in [0.717, 1.165) is 6.42 Å². The normalized spacial score (nSPS) is 27.6. The van der Waals surface area contributed by atoms with Gasteiger partial charge in [0.15, 0.2) is 0 Å². The zero-order valence-electron chi connectivity index (χ0n) is 4.85. The van der Waals surface area contributed by atoms with Crippen LogP contribution in [0.15, 0.2) is 11.0 Å². The van der Waals surface area contributed by atoms with Gasteiger partial charge >= 0.3 is 0 Å². The molecule has 1 rings (SSSR count). The largest absolute Gasteiger partial charge is 0.308 e. The third kappa shape index (κ3) is 1.13. The molecule has 1 atom stereocenters. The molecule has 0 spiro atoms. The quantitative estimate of drug-likeness (QED) is 0.535. The maximum Gasteiger partial charge on any atom is 0.0215 e. The first-order valence-corrected chi connectivity index (χ1v) is 3.62. The summed E-state index contributed by atoms with van der Waals surface area (Å²) in [4.78, 5) is 0. The van der Waals surface area contributed by atoms with Gasteiger partial charge in [-0.3, -0.25) is 0 Å². The van der Waals surface area contributed by atoms with Gasteiger partial charge in [0, 0.05) is 11.5 Å². The predicted octanol–water partition coefficient (Wildman–Crippen LogP) is 2.05. The summed E-state index contributed by atoms with van der Waals surface area (Å²) in [6.07, 6.45) is 2.52. The summed E-state index contributed by atoms with van der Waals surface area (Å²) in [6.45, 7) is 2.18. The Hall–Kier alpha value is -0.240. The van der Waals surface area contributed by atoms with Crippen molar-refractivity contribution in [2.75, 3.05) is 0 Å². The van der Waals surface area contributed by atoms with Gasteiger partial charge in [-0.1, -0.05) is 6.92 Å². The molecule has 1 aliphatic heterocycles. The lowest BCUT2D eigenvalue weighted by molar-refractivity contribution is 0.982. The highest BCUT2D eigenvalue weighted by molar-refractivity contribution is 8.03. The fourth-order valence-corrected chi connectivity index (χ4v) is 1.58. The molecule has 0 aromatic carbocycles. The fourth-order valence-electron chi connectivity index (χ4n) is 0.725. The van der Waals surface area contributed by atoms with Crippen LogP contribution in [0.1, 0.15) is 13.3 Å². The molecule has 0 aromatic rings. The lowest BCUT2D eigenvalue weighted by Crippen LogP contribution is -1.88. The Bertz CT molecular complexity index is 128. The van der Waals surface area contributed by atoms with E-state index in [9.17, 15) is 0 Å². The average molecular weight is 127 g/mol. The lowest BCUT2D eigenvalue weighted by Gasteiger charge is -1.94. The van der Waals surface area contributed by atoms with E-state index >= 15 is 0 Å². The first-order valence-electron chi connectivity index (χ1n) is 2.68. The number of nitrogens with one attached hydrogen (secondary N) is 1. The van der Waals surface area contributed by atoms with Crippen LogP contribution >= 0.6 is 11.8 Å². The molecule has 0 aromatic heterocycles. The Morgan fingerprint density at radius 1 is 2.00 bits per heavy atom. The minimum atomic E-state index is 0.701. The molecule has 0 saturated carbocycles. The maximum absolute atomic E-state index is 6.88. The second-order valence-corrected chi connectivity index (χ2v) is 3.30. The molecule has 8 heavy (non-hydrogen) atoms. The Balaban J connectivity index is 2.49. The van der Waals surface area contributed by atoms with Crippen molar-refractivity contribution >= 4 is 18.0 Å². The summed E-state index contributed by atoms with van der Waals surface area (Å²) >= 11 is 1.82. The van der Waals surface area contributed by atoms with Crippen molar-refractivity contribution in [3.8, 4) is 0 Å². The molecule has 1 aliphatic rings. The summed E-state index contributed by atoms with van der Waals surface area (Å²) in [5.74, 6) is 0. The van der Waals surface area contributed by atoms with Gasteiger partial charge in [0.2, 0.25) is 0 Å². The Labute approximate surface area is 53.7 Å². The minimum absolute atomic E-state index is 0.701. The highest BCUT2D eigenvalue weighted by atomic mass is 32.2. The first kappa shape index (κ1) is 5.89. The van der Waals surface area contributed by atoms with E-state index in [-0.39, 0.29) is 0 Å². The summed E-state index contributed by atoms with van der Waals surface area (Å²) in [5.41, 5.74) is 1.17. The van der Waals surface area contributed by atoms with Crippen molar-refractivity contribution in [1.29, 1.82) is 5.41 Å². The highest BCUT2D eigenvalue weighted by Gasteiger charge is 2.09. The van der Waals surface area contributed by atoms with Crippen molar-refractivity contribution in [1.82, 2.24) is 0 Å². The van der Waals surface area contributed by atoms with Crippen molar-refractivity contribution in [3.63, 3.8) is 0 Å². The molecule has 1 unspecified atom stereocenters. The van der Waals surface area contributed by atoms with Crippen LogP contribution < -0.4 is 0 Å². The Morgan fingerprint density at radius 3 is 3.00 bits per heavy atom. The van der Waals surface area contributed by atoms with Crippen LogP contribution in [0.3, 0.4) is 0 Å². The first-order chi connectivity index (χ1) is 3.83. The second kappa shape index (κ2) is 2.35. The summed E-state index contributed by atoms with van der Waals surface area (Å²) < 4.78 is 0. The van der Waals surface area contributed by atoms with Crippen molar-refractivity contribution in [2.24, 2.45) is 0 Å². The van der Waals surface area contributed by atoms with E-state index in [1.807, 2.05) is 11.8 Å². The van der Waals surface area contributed by atoms with Crippen LogP contribution in [-0.4, -0.2) is 11.5 Å². The molecule has 0 radical (unpaired) electrons. The second-order valence-electron chi connectivity index (χ2n) is 1.99. The molecule has 1 heterocycles. The van der Waals surface area contributed by atoms with E-state index < -0.39 is 0 Å². The number of allylic oxidation sites excluding steroid dienone is 1. The Kier molecular flexibility index (Phi) is 1.73. The van der Waals surface area contributed by atoms with Gasteiger partial charge < -0.3 is 5.41 Å². The number of thioether (sulfide) groups is 1.